The number of amides is 1. The van der Waals surface area contributed by atoms with Gasteiger partial charge >= 0.3 is 0 Å². The summed E-state index contributed by atoms with van der Waals surface area (Å²) in [5.74, 6) is -0.529. The van der Waals surface area contributed by atoms with Crippen LogP contribution in [0.25, 0.3) is 22.4 Å². The number of H-pyrrole nitrogens is 1. The van der Waals surface area contributed by atoms with Gasteiger partial charge in [-0.1, -0.05) is 60.7 Å². The Kier molecular flexibility index (Phi) is 6.31. The topological polar surface area (TPSA) is 93.3 Å². The lowest BCUT2D eigenvalue weighted by molar-refractivity contribution is -0.0974. The number of aromatic amines is 1. The third-order valence-electron chi connectivity index (χ3n) is 4.27. The van der Waals surface area contributed by atoms with E-state index in [1.165, 1.54) is 14.2 Å². The largest absolute Gasteiger partial charge is 0.354 e. The van der Waals surface area contributed by atoms with E-state index in [9.17, 15) is 9.59 Å². The third-order valence-corrected chi connectivity index (χ3v) is 4.27. The Morgan fingerprint density at radius 3 is 2.14 bits per heavy atom. The molecule has 0 saturated carbocycles. The molecule has 0 aliphatic rings. The highest BCUT2D eigenvalue weighted by molar-refractivity contribution is 6.03. The van der Waals surface area contributed by atoms with Crippen molar-refractivity contribution < 1.29 is 14.3 Å². The van der Waals surface area contributed by atoms with Crippen LogP contribution in [0.2, 0.25) is 0 Å². The van der Waals surface area contributed by atoms with Gasteiger partial charge in [0, 0.05) is 25.3 Å². The van der Waals surface area contributed by atoms with Crippen molar-refractivity contribution in [3.63, 3.8) is 0 Å². The number of aromatic nitrogens is 2. The number of carbonyl (C=O) groups excluding carboxylic acids is 1. The summed E-state index contributed by atoms with van der Waals surface area (Å²) < 4.78 is 10.2. The van der Waals surface area contributed by atoms with Gasteiger partial charge in [0.1, 0.15) is 5.56 Å². The zero-order valence-electron chi connectivity index (χ0n) is 15.6. The first kappa shape index (κ1) is 19.5. The van der Waals surface area contributed by atoms with Crippen LogP contribution in [0.4, 0.5) is 0 Å². The van der Waals surface area contributed by atoms with Crippen LogP contribution in [0.3, 0.4) is 0 Å². The van der Waals surface area contributed by atoms with Crippen LogP contribution in [0.15, 0.2) is 65.5 Å². The number of hydrogen-bond donors (Lipinski definition) is 2. The van der Waals surface area contributed by atoms with E-state index >= 15 is 0 Å². The SMILES string of the molecule is COC(CNC(=O)c1c(-c2ccccc2)c(-c2ccccc2)n[nH]c1=O)OC. The quantitative estimate of drug-likeness (QED) is 0.615. The van der Waals surface area contributed by atoms with Crippen molar-refractivity contribution in [2.75, 3.05) is 20.8 Å². The molecule has 0 bridgehead atoms. The summed E-state index contributed by atoms with van der Waals surface area (Å²) in [6, 6.07) is 18.6. The molecule has 0 fully saturated rings. The second-order valence-corrected chi connectivity index (χ2v) is 5.99. The summed E-state index contributed by atoms with van der Waals surface area (Å²) in [6.07, 6.45) is -0.612. The van der Waals surface area contributed by atoms with Crippen molar-refractivity contribution in [3.8, 4) is 22.4 Å². The summed E-state index contributed by atoms with van der Waals surface area (Å²) in [5, 5.41) is 9.37. The predicted octanol–water partition coefficient (Wildman–Crippen LogP) is 2.45. The molecule has 0 atom stereocenters. The highest BCUT2D eigenvalue weighted by Gasteiger charge is 2.23. The molecule has 28 heavy (non-hydrogen) atoms. The van der Waals surface area contributed by atoms with Crippen molar-refractivity contribution in [2.24, 2.45) is 0 Å². The lowest BCUT2D eigenvalue weighted by Gasteiger charge is -2.16. The number of nitrogens with one attached hydrogen (secondary N) is 2. The van der Waals surface area contributed by atoms with Crippen LogP contribution in [0.5, 0.6) is 0 Å². The van der Waals surface area contributed by atoms with E-state index in [1.807, 2.05) is 60.7 Å². The molecular formula is C21H21N3O4. The smallest absolute Gasteiger partial charge is 0.277 e. The fraction of sp³-hybridized carbons (Fsp3) is 0.190. The number of hydrogen-bond acceptors (Lipinski definition) is 5. The Bertz CT molecular complexity index is 984. The second kappa shape index (κ2) is 9.07. The molecule has 3 aromatic rings. The van der Waals surface area contributed by atoms with E-state index in [0.29, 0.717) is 11.3 Å². The molecule has 144 valence electrons. The Labute approximate surface area is 162 Å². The minimum absolute atomic E-state index is 0.00832. The maximum absolute atomic E-state index is 12.9. The molecule has 0 aliphatic heterocycles. The number of rotatable bonds is 7. The minimum Gasteiger partial charge on any atom is -0.354 e. The summed E-state index contributed by atoms with van der Waals surface area (Å²) in [4.78, 5) is 25.5. The number of methoxy groups -OCH3 is 2. The zero-order chi connectivity index (χ0) is 19.9. The fourth-order valence-electron chi connectivity index (χ4n) is 2.89. The monoisotopic (exact) mass is 379 g/mol. The van der Waals surface area contributed by atoms with Crippen LogP contribution in [-0.4, -0.2) is 43.2 Å². The van der Waals surface area contributed by atoms with E-state index in [0.717, 1.165) is 11.1 Å². The first-order chi connectivity index (χ1) is 13.7. The van der Waals surface area contributed by atoms with E-state index in [1.54, 1.807) is 0 Å². The molecule has 1 amide bonds. The molecule has 3 rings (SSSR count). The number of carbonyl (C=O) groups is 1. The number of ether oxygens (including phenoxy) is 2. The van der Waals surface area contributed by atoms with Gasteiger partial charge in [-0.25, -0.2) is 5.10 Å². The lowest BCUT2D eigenvalue weighted by atomic mass is 9.95. The van der Waals surface area contributed by atoms with E-state index in [-0.39, 0.29) is 12.1 Å². The van der Waals surface area contributed by atoms with E-state index in [2.05, 4.69) is 15.5 Å². The first-order valence-corrected chi connectivity index (χ1v) is 8.73. The van der Waals surface area contributed by atoms with Crippen LogP contribution >= 0.6 is 0 Å². The Hall–Kier alpha value is -3.29. The van der Waals surface area contributed by atoms with Gasteiger partial charge in [0.15, 0.2) is 6.29 Å². The minimum atomic E-state index is -0.612. The van der Waals surface area contributed by atoms with Gasteiger partial charge in [-0.15, -0.1) is 0 Å². The highest BCUT2D eigenvalue weighted by Crippen LogP contribution is 2.31. The Balaban J connectivity index is 2.13. The van der Waals surface area contributed by atoms with Gasteiger partial charge in [0.2, 0.25) is 0 Å². The highest BCUT2D eigenvalue weighted by atomic mass is 16.7. The first-order valence-electron chi connectivity index (χ1n) is 8.73. The van der Waals surface area contributed by atoms with Crippen molar-refractivity contribution >= 4 is 5.91 Å². The van der Waals surface area contributed by atoms with Gasteiger partial charge in [-0.2, -0.15) is 5.10 Å². The van der Waals surface area contributed by atoms with Crippen molar-refractivity contribution in [2.45, 2.75) is 6.29 Å². The molecular weight excluding hydrogens is 358 g/mol. The van der Waals surface area contributed by atoms with Gasteiger partial charge in [-0.3, -0.25) is 9.59 Å². The molecule has 7 heteroatoms. The molecule has 2 N–H and O–H groups in total. The van der Waals surface area contributed by atoms with Crippen molar-refractivity contribution in [1.29, 1.82) is 0 Å². The van der Waals surface area contributed by atoms with E-state index in [4.69, 9.17) is 9.47 Å². The summed E-state index contributed by atoms with van der Waals surface area (Å²) >= 11 is 0. The molecule has 0 spiro atoms. The van der Waals surface area contributed by atoms with Crippen LogP contribution in [-0.2, 0) is 9.47 Å². The third kappa shape index (κ3) is 4.16. The number of benzene rings is 2. The van der Waals surface area contributed by atoms with Crippen molar-refractivity contribution in [1.82, 2.24) is 15.5 Å². The summed E-state index contributed by atoms with van der Waals surface area (Å²) in [5.41, 5.74) is 1.93. The van der Waals surface area contributed by atoms with Gasteiger partial charge in [0.25, 0.3) is 11.5 Å². The molecule has 0 radical (unpaired) electrons. The van der Waals surface area contributed by atoms with E-state index < -0.39 is 17.8 Å². The predicted molar refractivity (Wildman–Crippen MR) is 106 cm³/mol. The zero-order valence-corrected chi connectivity index (χ0v) is 15.6. The Morgan fingerprint density at radius 2 is 1.57 bits per heavy atom. The maximum atomic E-state index is 12.9. The molecule has 1 aromatic heterocycles. The van der Waals surface area contributed by atoms with Gasteiger partial charge in [-0.05, 0) is 5.56 Å². The maximum Gasteiger partial charge on any atom is 0.277 e. The van der Waals surface area contributed by atoms with Crippen LogP contribution in [0.1, 0.15) is 10.4 Å². The van der Waals surface area contributed by atoms with Crippen molar-refractivity contribution in [3.05, 3.63) is 76.6 Å². The standard InChI is InChI=1S/C21H21N3O4/c1-27-16(28-2)13-22-20(25)18-17(14-9-5-3-6-10-14)19(23-24-21(18)26)15-11-7-4-8-12-15/h3-12,16H,13H2,1-2H3,(H,22,25)(H,24,26). The molecule has 1 heterocycles. The molecule has 0 unspecified atom stereocenters. The van der Waals surface area contributed by atoms with Gasteiger partial charge < -0.3 is 14.8 Å². The van der Waals surface area contributed by atoms with Gasteiger partial charge in [0.05, 0.1) is 12.2 Å². The molecule has 7 nitrogen and oxygen atoms in total. The summed E-state index contributed by atoms with van der Waals surface area (Å²) in [6.45, 7) is 0.0997. The average molecular weight is 379 g/mol. The van der Waals surface area contributed by atoms with Crippen LogP contribution in [0, 0.1) is 0 Å². The summed E-state index contributed by atoms with van der Waals surface area (Å²) in [7, 11) is 2.95. The molecule has 2 aromatic carbocycles. The van der Waals surface area contributed by atoms with Crippen LogP contribution < -0.4 is 10.9 Å². The molecule has 0 aliphatic carbocycles. The number of nitrogens with zero attached hydrogens (tertiary/aromatic N) is 1. The normalized spacial score (nSPS) is 10.8. The molecule has 0 saturated heterocycles. The fourth-order valence-corrected chi connectivity index (χ4v) is 2.89. The average Bonchev–Trinajstić information content (AvgIpc) is 2.75. The lowest BCUT2D eigenvalue weighted by Crippen LogP contribution is -2.37. The Morgan fingerprint density at radius 1 is 1.00 bits per heavy atom. The second-order valence-electron chi connectivity index (χ2n) is 5.99.